The van der Waals surface area contributed by atoms with Gasteiger partial charge in [-0.05, 0) is 48.0 Å². The van der Waals surface area contributed by atoms with Crippen LogP contribution >= 0.6 is 35.6 Å². The molecule has 1 saturated heterocycles. The summed E-state index contributed by atoms with van der Waals surface area (Å²) in [7, 11) is 0. The molecule has 2 aromatic rings. The van der Waals surface area contributed by atoms with Crippen molar-refractivity contribution in [2.45, 2.75) is 6.92 Å². The van der Waals surface area contributed by atoms with Crippen molar-refractivity contribution in [2.24, 2.45) is 0 Å². The van der Waals surface area contributed by atoms with E-state index in [9.17, 15) is 9.59 Å². The number of carbonyl (C=O) groups is 2. The van der Waals surface area contributed by atoms with Crippen LogP contribution in [0.15, 0.2) is 53.4 Å². The Balaban J connectivity index is 1.82. The van der Waals surface area contributed by atoms with Gasteiger partial charge < -0.3 is 5.32 Å². The van der Waals surface area contributed by atoms with Crippen molar-refractivity contribution in [2.75, 3.05) is 10.2 Å². The predicted octanol–water partition coefficient (Wildman–Crippen LogP) is 4.70. The van der Waals surface area contributed by atoms with E-state index < -0.39 is 0 Å². The minimum atomic E-state index is -0.164. The molecular weight excluding hydrogens is 376 g/mol. The lowest BCUT2D eigenvalue weighted by atomic mass is 10.2. The first kappa shape index (κ1) is 17.7. The molecule has 2 aromatic carbocycles. The molecule has 1 fully saturated rings. The molecule has 3 rings (SSSR count). The molecule has 0 atom stereocenters. The van der Waals surface area contributed by atoms with Crippen LogP contribution in [-0.4, -0.2) is 16.1 Å². The van der Waals surface area contributed by atoms with Crippen LogP contribution in [0.25, 0.3) is 6.08 Å². The highest BCUT2D eigenvalue weighted by Gasteiger charge is 2.33. The second-order valence-electron chi connectivity index (χ2n) is 5.30. The maximum Gasteiger partial charge on any atom is 0.270 e. The van der Waals surface area contributed by atoms with Crippen LogP contribution < -0.4 is 10.2 Å². The zero-order chi connectivity index (χ0) is 18.0. The van der Waals surface area contributed by atoms with Gasteiger partial charge in [0, 0.05) is 17.6 Å². The number of benzene rings is 2. The van der Waals surface area contributed by atoms with Crippen molar-refractivity contribution in [3.05, 3.63) is 64.0 Å². The minimum absolute atomic E-state index is 0.128. The van der Waals surface area contributed by atoms with Gasteiger partial charge in [-0.1, -0.05) is 47.7 Å². The monoisotopic (exact) mass is 388 g/mol. The number of hydrogen-bond acceptors (Lipinski definition) is 4. The highest BCUT2D eigenvalue weighted by atomic mass is 35.5. The van der Waals surface area contributed by atoms with Crippen molar-refractivity contribution in [1.82, 2.24) is 0 Å². The maximum atomic E-state index is 12.7. The summed E-state index contributed by atoms with van der Waals surface area (Å²) in [6, 6.07) is 14.2. The van der Waals surface area contributed by atoms with E-state index in [1.54, 1.807) is 42.5 Å². The first-order valence-electron chi connectivity index (χ1n) is 7.35. The summed E-state index contributed by atoms with van der Waals surface area (Å²) in [6.45, 7) is 1.45. The average Bonchev–Trinajstić information content (AvgIpc) is 2.84. The summed E-state index contributed by atoms with van der Waals surface area (Å²) in [4.78, 5) is 25.8. The molecule has 1 aliphatic heterocycles. The van der Waals surface area contributed by atoms with Crippen molar-refractivity contribution in [3.63, 3.8) is 0 Å². The largest absolute Gasteiger partial charge is 0.326 e. The number of nitrogens with zero attached hydrogens (tertiary/aromatic N) is 1. The summed E-state index contributed by atoms with van der Waals surface area (Å²) < 4.78 is 0.480. The molecule has 0 saturated carbocycles. The fourth-order valence-corrected chi connectivity index (χ4v) is 3.72. The standard InChI is InChI=1S/C18H13ClN2O2S2/c1-11(22)20-14-6-2-12(3-7-14)10-16-17(23)21(18(24)25-16)15-8-4-13(19)5-9-15/h2-10H,1H3,(H,20,22)/b16-10+. The average molecular weight is 389 g/mol. The maximum absolute atomic E-state index is 12.7. The molecule has 0 aromatic heterocycles. The lowest BCUT2D eigenvalue weighted by molar-refractivity contribution is -0.114. The molecule has 1 N–H and O–H groups in total. The van der Waals surface area contributed by atoms with Gasteiger partial charge in [0.1, 0.15) is 0 Å². The van der Waals surface area contributed by atoms with Gasteiger partial charge in [-0.25, -0.2) is 0 Å². The van der Waals surface area contributed by atoms with Gasteiger partial charge in [0.05, 0.1) is 10.6 Å². The molecule has 1 aliphatic rings. The van der Waals surface area contributed by atoms with Crippen LogP contribution in [0.3, 0.4) is 0 Å². The first-order chi connectivity index (χ1) is 11.9. The number of halogens is 1. The van der Waals surface area contributed by atoms with Crippen LogP contribution in [0.5, 0.6) is 0 Å². The Bertz CT molecular complexity index is 877. The predicted molar refractivity (Wildman–Crippen MR) is 108 cm³/mol. The SMILES string of the molecule is CC(=O)Nc1ccc(/C=C2/SC(=S)N(c3ccc(Cl)cc3)C2=O)cc1. The summed E-state index contributed by atoms with van der Waals surface area (Å²) in [5.41, 5.74) is 2.25. The number of hydrogen-bond donors (Lipinski definition) is 1. The van der Waals surface area contributed by atoms with Crippen LogP contribution in [0.2, 0.25) is 5.02 Å². The number of amides is 2. The minimum Gasteiger partial charge on any atom is -0.326 e. The van der Waals surface area contributed by atoms with Gasteiger partial charge >= 0.3 is 0 Å². The molecule has 0 unspecified atom stereocenters. The first-order valence-corrected chi connectivity index (χ1v) is 8.95. The summed E-state index contributed by atoms with van der Waals surface area (Å²) in [6.07, 6.45) is 1.78. The summed E-state index contributed by atoms with van der Waals surface area (Å²) in [5.74, 6) is -0.292. The molecule has 2 amide bonds. The molecule has 0 radical (unpaired) electrons. The molecular formula is C18H13ClN2O2S2. The van der Waals surface area contributed by atoms with Gasteiger partial charge in [-0.15, -0.1) is 0 Å². The van der Waals surface area contributed by atoms with Gasteiger partial charge in [0.25, 0.3) is 5.91 Å². The van der Waals surface area contributed by atoms with E-state index in [2.05, 4.69) is 5.32 Å². The van der Waals surface area contributed by atoms with E-state index in [4.69, 9.17) is 23.8 Å². The Labute approximate surface area is 159 Å². The third-order valence-corrected chi connectivity index (χ3v) is 4.96. The van der Waals surface area contributed by atoms with E-state index >= 15 is 0 Å². The molecule has 0 aliphatic carbocycles. The number of anilines is 2. The fraction of sp³-hybridized carbons (Fsp3) is 0.0556. The molecule has 0 bridgehead atoms. The molecule has 126 valence electrons. The zero-order valence-electron chi connectivity index (χ0n) is 13.2. The molecule has 4 nitrogen and oxygen atoms in total. The van der Waals surface area contributed by atoms with E-state index in [-0.39, 0.29) is 11.8 Å². The second-order valence-corrected chi connectivity index (χ2v) is 7.41. The quantitative estimate of drug-likeness (QED) is 0.611. The smallest absolute Gasteiger partial charge is 0.270 e. The van der Waals surface area contributed by atoms with Gasteiger partial charge in [0.15, 0.2) is 4.32 Å². The van der Waals surface area contributed by atoms with Crippen molar-refractivity contribution in [1.29, 1.82) is 0 Å². The van der Waals surface area contributed by atoms with Crippen LogP contribution in [0, 0.1) is 0 Å². The number of rotatable bonds is 3. The second kappa shape index (κ2) is 7.39. The molecule has 25 heavy (non-hydrogen) atoms. The summed E-state index contributed by atoms with van der Waals surface area (Å²) in [5, 5.41) is 3.30. The number of nitrogens with one attached hydrogen (secondary N) is 1. The Morgan fingerprint density at radius 3 is 2.40 bits per heavy atom. The molecule has 7 heteroatoms. The number of thiocarbonyl (C=S) groups is 1. The van der Waals surface area contributed by atoms with E-state index in [0.29, 0.717) is 25.6 Å². The van der Waals surface area contributed by atoms with Gasteiger partial charge in [-0.3, -0.25) is 14.5 Å². The van der Waals surface area contributed by atoms with Crippen molar-refractivity contribution < 1.29 is 9.59 Å². The normalized spacial score (nSPS) is 15.8. The molecule has 0 spiro atoms. The fourth-order valence-electron chi connectivity index (χ4n) is 2.30. The molecule has 1 heterocycles. The third-order valence-electron chi connectivity index (χ3n) is 3.41. The Morgan fingerprint density at radius 2 is 1.80 bits per heavy atom. The van der Waals surface area contributed by atoms with Gasteiger partial charge in [-0.2, -0.15) is 0 Å². The van der Waals surface area contributed by atoms with Crippen molar-refractivity contribution >= 4 is 69.2 Å². The van der Waals surface area contributed by atoms with E-state index in [0.717, 1.165) is 5.56 Å². The van der Waals surface area contributed by atoms with Crippen LogP contribution in [0.1, 0.15) is 12.5 Å². The third kappa shape index (κ3) is 4.10. The van der Waals surface area contributed by atoms with E-state index in [1.165, 1.54) is 23.6 Å². The highest BCUT2D eigenvalue weighted by molar-refractivity contribution is 8.27. The number of carbonyl (C=O) groups excluding carboxylic acids is 2. The Hall–Kier alpha value is -2.15. The van der Waals surface area contributed by atoms with Crippen LogP contribution in [-0.2, 0) is 9.59 Å². The zero-order valence-corrected chi connectivity index (χ0v) is 15.5. The lowest BCUT2D eigenvalue weighted by Gasteiger charge is -2.14. The number of thioether (sulfide) groups is 1. The van der Waals surface area contributed by atoms with Gasteiger partial charge in [0.2, 0.25) is 5.91 Å². The topological polar surface area (TPSA) is 49.4 Å². The Kier molecular flexibility index (Phi) is 5.22. The van der Waals surface area contributed by atoms with E-state index in [1.807, 2.05) is 12.1 Å². The summed E-state index contributed by atoms with van der Waals surface area (Å²) >= 11 is 12.5. The van der Waals surface area contributed by atoms with Crippen molar-refractivity contribution in [3.8, 4) is 0 Å². The highest BCUT2D eigenvalue weighted by Crippen LogP contribution is 2.36. The van der Waals surface area contributed by atoms with Crippen LogP contribution in [0.4, 0.5) is 11.4 Å². The lowest BCUT2D eigenvalue weighted by Crippen LogP contribution is -2.27. The Morgan fingerprint density at radius 1 is 1.16 bits per heavy atom.